The molecule has 1 aromatic rings. The van der Waals surface area contributed by atoms with Gasteiger partial charge in [-0.25, -0.2) is 8.42 Å². The summed E-state index contributed by atoms with van der Waals surface area (Å²) >= 11 is 0. The summed E-state index contributed by atoms with van der Waals surface area (Å²) in [6, 6.07) is 6.62. The number of rotatable bonds is 4. The Kier molecular flexibility index (Phi) is 5.30. The van der Waals surface area contributed by atoms with Crippen LogP contribution in [0, 0.1) is 31.1 Å². The van der Waals surface area contributed by atoms with Crippen molar-refractivity contribution < 1.29 is 13.2 Å². The normalized spacial score (nSPS) is 16.7. The van der Waals surface area contributed by atoms with E-state index < -0.39 is 9.84 Å². The first-order valence-corrected chi connectivity index (χ1v) is 9.21. The summed E-state index contributed by atoms with van der Waals surface area (Å²) in [5.41, 5.74) is 7.14. The van der Waals surface area contributed by atoms with Crippen LogP contribution in [0.2, 0.25) is 0 Å². The number of primary amides is 1. The zero-order valence-electron chi connectivity index (χ0n) is 13.8. The number of hydrogen-bond acceptors (Lipinski definition) is 5. The van der Waals surface area contributed by atoms with Crippen molar-refractivity contribution in [2.45, 2.75) is 31.6 Å². The van der Waals surface area contributed by atoms with E-state index in [1.165, 1.54) is 12.3 Å². The Morgan fingerprint density at radius 3 is 2.42 bits per heavy atom. The van der Waals surface area contributed by atoms with E-state index in [1.54, 1.807) is 23.1 Å². The number of sulfone groups is 1. The number of nitriles is 1. The van der Waals surface area contributed by atoms with E-state index in [9.17, 15) is 18.5 Å². The third kappa shape index (κ3) is 3.77. The monoisotopic (exact) mass is 347 g/mol. The summed E-state index contributed by atoms with van der Waals surface area (Å²) in [6.45, 7) is 4.73. The highest BCUT2D eigenvalue weighted by molar-refractivity contribution is 7.95. The van der Waals surface area contributed by atoms with Crippen LogP contribution >= 0.6 is 0 Å². The molecule has 1 fully saturated rings. The largest absolute Gasteiger partial charge is 0.376 e. The Morgan fingerprint density at radius 1 is 1.29 bits per heavy atom. The van der Waals surface area contributed by atoms with Crippen LogP contribution in [0.5, 0.6) is 0 Å². The Morgan fingerprint density at radius 2 is 1.92 bits per heavy atom. The highest BCUT2D eigenvalue weighted by Gasteiger charge is 2.25. The Bertz CT molecular complexity index is 814. The van der Waals surface area contributed by atoms with Crippen LogP contribution in [0.1, 0.15) is 24.0 Å². The molecule has 1 heterocycles. The number of amides is 1. The van der Waals surface area contributed by atoms with Crippen molar-refractivity contribution in [2.75, 3.05) is 13.1 Å². The van der Waals surface area contributed by atoms with E-state index in [1.807, 2.05) is 13.8 Å². The maximum Gasteiger partial charge on any atom is 0.220 e. The van der Waals surface area contributed by atoms with Gasteiger partial charge in [0.05, 0.1) is 4.90 Å². The lowest BCUT2D eigenvalue weighted by molar-refractivity contribution is -0.122. The van der Waals surface area contributed by atoms with Crippen molar-refractivity contribution in [3.05, 3.63) is 40.4 Å². The van der Waals surface area contributed by atoms with E-state index in [4.69, 9.17) is 5.73 Å². The second-order valence-corrected chi connectivity index (χ2v) is 7.99. The van der Waals surface area contributed by atoms with Crippen LogP contribution in [0.25, 0.3) is 0 Å². The van der Waals surface area contributed by atoms with Crippen LogP contribution in [-0.2, 0) is 14.6 Å². The molecule has 2 N–H and O–H groups in total. The summed E-state index contributed by atoms with van der Waals surface area (Å²) in [5.74, 6) is -0.515. The number of nitrogens with zero attached hydrogens (tertiary/aromatic N) is 2. The van der Waals surface area contributed by atoms with Crippen molar-refractivity contribution in [2.24, 2.45) is 11.7 Å². The van der Waals surface area contributed by atoms with Gasteiger partial charge in [-0.3, -0.25) is 4.79 Å². The van der Waals surface area contributed by atoms with Gasteiger partial charge >= 0.3 is 0 Å². The molecular weight excluding hydrogens is 326 g/mol. The van der Waals surface area contributed by atoms with Gasteiger partial charge in [-0.1, -0.05) is 6.07 Å². The fourth-order valence-corrected chi connectivity index (χ4v) is 3.89. The number of piperidine rings is 1. The molecule has 0 aliphatic carbocycles. The highest BCUT2D eigenvalue weighted by Crippen LogP contribution is 2.24. The molecule has 24 heavy (non-hydrogen) atoms. The minimum absolute atomic E-state index is 0.116. The van der Waals surface area contributed by atoms with Gasteiger partial charge in [0.2, 0.25) is 15.7 Å². The maximum atomic E-state index is 12.7. The fourth-order valence-electron chi connectivity index (χ4n) is 2.65. The van der Waals surface area contributed by atoms with Gasteiger partial charge in [0.25, 0.3) is 0 Å². The minimum atomic E-state index is -3.85. The minimum Gasteiger partial charge on any atom is -0.376 e. The van der Waals surface area contributed by atoms with Crippen molar-refractivity contribution in [1.29, 1.82) is 5.26 Å². The predicted molar refractivity (Wildman–Crippen MR) is 90.3 cm³/mol. The first-order chi connectivity index (χ1) is 11.3. The van der Waals surface area contributed by atoms with Crippen molar-refractivity contribution in [3.8, 4) is 6.07 Å². The molecule has 1 aliphatic rings. The zero-order chi connectivity index (χ0) is 17.9. The quantitative estimate of drug-likeness (QED) is 0.834. The molecule has 1 saturated heterocycles. The van der Waals surface area contributed by atoms with Gasteiger partial charge in [0, 0.05) is 25.2 Å². The van der Waals surface area contributed by atoms with Crippen LogP contribution in [0.15, 0.2) is 34.2 Å². The first-order valence-electron chi connectivity index (χ1n) is 7.73. The molecule has 0 spiro atoms. The summed E-state index contributed by atoms with van der Waals surface area (Å²) in [5, 5.41) is 9.32. The first kappa shape index (κ1) is 18.0. The lowest BCUT2D eigenvalue weighted by Crippen LogP contribution is -2.36. The van der Waals surface area contributed by atoms with E-state index in [2.05, 4.69) is 0 Å². The molecule has 1 aliphatic heterocycles. The average Bonchev–Trinajstić information content (AvgIpc) is 2.55. The summed E-state index contributed by atoms with van der Waals surface area (Å²) in [4.78, 5) is 12.8. The number of allylic oxidation sites excluding steroid dienone is 1. The van der Waals surface area contributed by atoms with Crippen molar-refractivity contribution in [1.82, 2.24) is 4.90 Å². The Labute approximate surface area is 142 Å². The van der Waals surface area contributed by atoms with Gasteiger partial charge in [0.15, 0.2) is 4.91 Å². The topological polar surface area (TPSA) is 104 Å². The number of likely N-dealkylation sites (tertiary alicyclic amines) is 1. The number of carbonyl (C=O) groups is 1. The fraction of sp³-hybridized carbons (Fsp3) is 0.412. The van der Waals surface area contributed by atoms with Crippen LogP contribution in [0.4, 0.5) is 0 Å². The molecule has 6 nitrogen and oxygen atoms in total. The lowest BCUT2D eigenvalue weighted by Gasteiger charge is -2.29. The van der Waals surface area contributed by atoms with Crippen molar-refractivity contribution >= 4 is 15.7 Å². The molecule has 0 atom stereocenters. The molecule has 0 aromatic heterocycles. The Hall–Kier alpha value is -2.33. The lowest BCUT2D eigenvalue weighted by atomic mass is 9.97. The molecule has 7 heteroatoms. The predicted octanol–water partition coefficient (Wildman–Crippen LogP) is 1.64. The smallest absolute Gasteiger partial charge is 0.220 e. The van der Waals surface area contributed by atoms with E-state index in [0.29, 0.717) is 25.9 Å². The number of carbonyl (C=O) groups excluding carboxylic acids is 1. The van der Waals surface area contributed by atoms with E-state index in [0.717, 1.165) is 11.1 Å². The second-order valence-electron chi connectivity index (χ2n) is 6.07. The summed E-state index contributed by atoms with van der Waals surface area (Å²) < 4.78 is 25.4. The van der Waals surface area contributed by atoms with E-state index in [-0.39, 0.29) is 21.6 Å². The number of aryl methyl sites for hydroxylation is 2. The number of hydrogen-bond donors (Lipinski definition) is 1. The molecule has 1 aromatic carbocycles. The average molecular weight is 347 g/mol. The van der Waals surface area contributed by atoms with Crippen LogP contribution < -0.4 is 5.73 Å². The second kappa shape index (κ2) is 7.05. The maximum absolute atomic E-state index is 12.7. The third-order valence-corrected chi connectivity index (χ3v) is 6.07. The summed E-state index contributed by atoms with van der Waals surface area (Å²) in [7, 11) is -3.85. The van der Waals surface area contributed by atoms with Crippen molar-refractivity contribution in [3.63, 3.8) is 0 Å². The highest BCUT2D eigenvalue weighted by atomic mass is 32.2. The third-order valence-electron chi connectivity index (χ3n) is 4.42. The molecule has 2 rings (SSSR count). The van der Waals surface area contributed by atoms with Gasteiger partial charge in [-0.2, -0.15) is 5.26 Å². The molecular formula is C17H21N3O3S. The van der Waals surface area contributed by atoms with Gasteiger partial charge in [0.1, 0.15) is 6.07 Å². The molecule has 128 valence electrons. The Balaban J connectivity index is 2.25. The molecule has 0 saturated carbocycles. The number of benzene rings is 1. The van der Waals surface area contributed by atoms with Crippen LogP contribution in [-0.4, -0.2) is 32.3 Å². The van der Waals surface area contributed by atoms with Gasteiger partial charge in [-0.05, 0) is 49.9 Å². The zero-order valence-corrected chi connectivity index (χ0v) is 14.6. The molecule has 1 amide bonds. The molecule has 0 bridgehead atoms. The molecule has 0 radical (unpaired) electrons. The SMILES string of the molecule is Cc1ccc(S(=O)(=O)/C(C#N)=C\N2CCC(C(N)=O)CC2)cc1C. The van der Waals surface area contributed by atoms with Crippen LogP contribution in [0.3, 0.4) is 0 Å². The molecule has 0 unspecified atom stereocenters. The standard InChI is InChI=1S/C17H21N3O3S/c1-12-3-4-15(9-13(12)2)24(22,23)16(10-18)11-20-7-5-14(6-8-20)17(19)21/h3-4,9,11,14H,5-8H2,1-2H3,(H2,19,21)/b16-11-. The van der Waals surface area contributed by atoms with Gasteiger partial charge in [-0.15, -0.1) is 0 Å². The van der Waals surface area contributed by atoms with Gasteiger partial charge < -0.3 is 10.6 Å². The van der Waals surface area contributed by atoms with E-state index >= 15 is 0 Å². The summed E-state index contributed by atoms with van der Waals surface area (Å²) in [6.07, 6.45) is 2.50. The number of nitrogens with two attached hydrogens (primary N) is 1.